The fraction of sp³-hybridized carbons (Fsp3) is 0.533. The van der Waals surface area contributed by atoms with E-state index >= 15 is 0 Å². The number of hydrogen-bond acceptors (Lipinski definition) is 4. The predicted octanol–water partition coefficient (Wildman–Crippen LogP) is 1.20. The average Bonchev–Trinajstić information content (AvgIpc) is 2.72. The Hall–Kier alpha value is -1.40. The van der Waals surface area contributed by atoms with Crippen molar-refractivity contribution in [3.63, 3.8) is 0 Å². The number of carbonyl (C=O) groups is 1. The van der Waals surface area contributed by atoms with Crippen LogP contribution in [0.1, 0.15) is 24.2 Å². The van der Waals surface area contributed by atoms with Crippen molar-refractivity contribution in [3.8, 4) is 5.75 Å². The molecule has 0 bridgehead atoms. The van der Waals surface area contributed by atoms with Gasteiger partial charge in [0.25, 0.3) is 0 Å². The molecule has 1 heterocycles. The summed E-state index contributed by atoms with van der Waals surface area (Å²) in [5.41, 5.74) is 2.05. The normalized spacial score (nSPS) is 23.4. The zero-order chi connectivity index (χ0) is 15.6. The van der Waals surface area contributed by atoms with E-state index in [0.717, 1.165) is 16.9 Å². The summed E-state index contributed by atoms with van der Waals surface area (Å²) in [7, 11) is 0.733. The minimum absolute atomic E-state index is 0.0546. The first-order chi connectivity index (χ1) is 9.93. The van der Waals surface area contributed by atoms with E-state index in [9.17, 15) is 9.00 Å². The number of ether oxygens (including phenoxy) is 1. The molecule has 0 saturated carbocycles. The van der Waals surface area contributed by atoms with Crippen LogP contribution < -0.4 is 10.1 Å². The molecule has 0 radical (unpaired) electrons. The molecule has 1 aromatic rings. The number of nitrogens with zero attached hydrogens (tertiary/aromatic N) is 1. The summed E-state index contributed by atoms with van der Waals surface area (Å²) < 4.78 is 16.6. The van der Waals surface area contributed by atoms with Gasteiger partial charge in [-0.2, -0.15) is 0 Å². The quantitative estimate of drug-likeness (QED) is 0.888. The summed E-state index contributed by atoms with van der Waals surface area (Å²) >= 11 is 0. The van der Waals surface area contributed by atoms with Crippen LogP contribution in [-0.2, 0) is 15.6 Å². The van der Waals surface area contributed by atoms with Gasteiger partial charge in [-0.15, -0.1) is 0 Å². The van der Waals surface area contributed by atoms with Gasteiger partial charge in [-0.05, 0) is 37.1 Å². The van der Waals surface area contributed by atoms with Crippen LogP contribution in [0.15, 0.2) is 18.2 Å². The molecule has 1 aliphatic heterocycles. The number of methoxy groups -OCH3 is 1. The van der Waals surface area contributed by atoms with Gasteiger partial charge in [0.1, 0.15) is 11.9 Å². The molecule has 3 atom stereocenters. The highest BCUT2D eigenvalue weighted by Crippen LogP contribution is 2.28. The van der Waals surface area contributed by atoms with Crippen LogP contribution in [0, 0.1) is 6.92 Å². The third kappa shape index (κ3) is 3.44. The van der Waals surface area contributed by atoms with Gasteiger partial charge in [-0.3, -0.25) is 14.3 Å². The van der Waals surface area contributed by atoms with Gasteiger partial charge >= 0.3 is 0 Å². The maximum Gasteiger partial charge on any atom is 0.241 e. The van der Waals surface area contributed by atoms with Gasteiger partial charge in [0.15, 0.2) is 0 Å². The third-order valence-electron chi connectivity index (χ3n) is 3.73. The van der Waals surface area contributed by atoms with E-state index in [1.54, 1.807) is 18.3 Å². The minimum atomic E-state index is -0.910. The van der Waals surface area contributed by atoms with Gasteiger partial charge in [-0.1, -0.05) is 6.07 Å². The van der Waals surface area contributed by atoms with E-state index in [2.05, 4.69) is 5.32 Å². The molecular formula is C15H22N2O3S. The highest BCUT2D eigenvalue weighted by molar-refractivity contribution is 7.84. The van der Waals surface area contributed by atoms with Crippen LogP contribution in [0.4, 0.5) is 0 Å². The fourth-order valence-corrected chi connectivity index (χ4v) is 3.04. The lowest BCUT2D eigenvalue weighted by Crippen LogP contribution is -2.33. The Labute approximate surface area is 128 Å². The van der Waals surface area contributed by atoms with Crippen molar-refractivity contribution < 1.29 is 13.7 Å². The molecule has 116 valence electrons. The highest BCUT2D eigenvalue weighted by atomic mass is 32.2. The van der Waals surface area contributed by atoms with Crippen molar-refractivity contribution in [2.45, 2.75) is 26.1 Å². The second-order valence-corrected chi connectivity index (χ2v) is 6.88. The topological polar surface area (TPSA) is 58.6 Å². The smallest absolute Gasteiger partial charge is 0.241 e. The SMILES string of the molecule is COc1ccc(C2NC(C)C(=O)N2CCS(C)=O)cc1C. The van der Waals surface area contributed by atoms with Gasteiger partial charge in [-0.25, -0.2) is 0 Å². The van der Waals surface area contributed by atoms with Crippen LogP contribution >= 0.6 is 0 Å². The highest BCUT2D eigenvalue weighted by Gasteiger charge is 2.36. The summed E-state index contributed by atoms with van der Waals surface area (Å²) in [4.78, 5) is 14.0. The second-order valence-electron chi connectivity index (χ2n) is 5.33. The van der Waals surface area contributed by atoms with Crippen molar-refractivity contribution in [2.75, 3.05) is 25.7 Å². The standard InChI is InChI=1S/C15H22N2O3S/c1-10-9-12(5-6-13(10)20-3)14-16-11(2)15(18)17(14)7-8-21(4)19/h5-6,9,11,14,16H,7-8H2,1-4H3. The maximum absolute atomic E-state index is 12.2. The van der Waals surface area contributed by atoms with Gasteiger partial charge in [0.05, 0.1) is 13.2 Å². The molecule has 0 spiro atoms. The molecule has 0 aromatic heterocycles. The number of hydrogen-bond donors (Lipinski definition) is 1. The Morgan fingerprint density at radius 1 is 1.43 bits per heavy atom. The Morgan fingerprint density at radius 3 is 2.71 bits per heavy atom. The first-order valence-corrected chi connectivity index (χ1v) is 8.68. The van der Waals surface area contributed by atoms with Crippen LogP contribution in [0.25, 0.3) is 0 Å². The van der Waals surface area contributed by atoms with Crippen LogP contribution in [0.2, 0.25) is 0 Å². The number of nitrogens with one attached hydrogen (secondary N) is 1. The van der Waals surface area contributed by atoms with Crippen LogP contribution in [0.3, 0.4) is 0 Å². The van der Waals surface area contributed by atoms with E-state index in [4.69, 9.17) is 4.74 Å². The van der Waals surface area contributed by atoms with E-state index in [1.807, 2.05) is 32.0 Å². The molecule has 1 aromatic carbocycles. The summed E-state index contributed by atoms with van der Waals surface area (Å²) in [6.07, 6.45) is 1.49. The van der Waals surface area contributed by atoms with Crippen LogP contribution in [0.5, 0.6) is 5.75 Å². The molecular weight excluding hydrogens is 288 g/mol. The van der Waals surface area contributed by atoms with Crippen molar-refractivity contribution in [1.29, 1.82) is 0 Å². The van der Waals surface area contributed by atoms with E-state index in [0.29, 0.717) is 12.3 Å². The lowest BCUT2D eigenvalue weighted by Gasteiger charge is -2.24. The molecule has 1 saturated heterocycles. The number of amides is 1. The minimum Gasteiger partial charge on any atom is -0.496 e. The average molecular weight is 310 g/mol. The van der Waals surface area contributed by atoms with E-state index in [1.165, 1.54) is 0 Å². The molecule has 1 fully saturated rings. The van der Waals surface area contributed by atoms with Crippen LogP contribution in [-0.4, -0.2) is 46.7 Å². The molecule has 1 aliphatic rings. The van der Waals surface area contributed by atoms with Gasteiger partial charge in [0.2, 0.25) is 5.91 Å². The maximum atomic E-state index is 12.2. The lowest BCUT2D eigenvalue weighted by molar-refractivity contribution is -0.129. The van der Waals surface area contributed by atoms with Gasteiger partial charge in [0, 0.05) is 29.4 Å². The Bertz CT molecular complexity index is 562. The Morgan fingerprint density at radius 2 is 2.14 bits per heavy atom. The lowest BCUT2D eigenvalue weighted by atomic mass is 10.1. The molecule has 5 nitrogen and oxygen atoms in total. The molecule has 1 amide bonds. The monoisotopic (exact) mass is 310 g/mol. The van der Waals surface area contributed by atoms with Crippen molar-refractivity contribution >= 4 is 16.7 Å². The van der Waals surface area contributed by atoms with Gasteiger partial charge < -0.3 is 9.64 Å². The molecule has 1 N–H and O–H groups in total. The Balaban J connectivity index is 2.25. The first kappa shape index (κ1) is 16.0. The van der Waals surface area contributed by atoms with Crippen molar-refractivity contribution in [3.05, 3.63) is 29.3 Å². The molecule has 6 heteroatoms. The zero-order valence-corrected chi connectivity index (χ0v) is 13.7. The van der Waals surface area contributed by atoms with Crippen molar-refractivity contribution in [2.24, 2.45) is 0 Å². The number of aryl methyl sites for hydroxylation is 1. The second kappa shape index (κ2) is 6.58. The molecule has 21 heavy (non-hydrogen) atoms. The summed E-state index contributed by atoms with van der Waals surface area (Å²) in [5.74, 6) is 1.38. The molecule has 3 unspecified atom stereocenters. The summed E-state index contributed by atoms with van der Waals surface area (Å²) in [6, 6.07) is 5.68. The molecule has 2 rings (SSSR count). The number of benzene rings is 1. The molecule has 0 aliphatic carbocycles. The third-order valence-corrected chi connectivity index (χ3v) is 4.48. The van der Waals surface area contributed by atoms with Crippen molar-refractivity contribution in [1.82, 2.24) is 10.2 Å². The van der Waals surface area contributed by atoms with E-state index < -0.39 is 10.8 Å². The summed E-state index contributed by atoms with van der Waals surface area (Å²) in [6.45, 7) is 4.33. The fourth-order valence-electron chi connectivity index (χ4n) is 2.59. The zero-order valence-electron chi connectivity index (χ0n) is 12.9. The summed E-state index contributed by atoms with van der Waals surface area (Å²) in [5, 5.41) is 3.30. The number of carbonyl (C=O) groups excluding carboxylic acids is 1. The Kier molecular flexibility index (Phi) is 5.00. The number of rotatable bonds is 5. The van der Waals surface area contributed by atoms with E-state index in [-0.39, 0.29) is 18.1 Å². The largest absolute Gasteiger partial charge is 0.496 e. The predicted molar refractivity (Wildman–Crippen MR) is 83.7 cm³/mol. The first-order valence-electron chi connectivity index (χ1n) is 6.95.